The molecule has 25 nitrogen and oxygen atoms in total. The molecule has 0 saturated carbocycles. The van der Waals surface area contributed by atoms with Crippen LogP contribution in [-0.4, -0.2) is 92.7 Å². The molecule has 0 bridgehead atoms. The van der Waals surface area contributed by atoms with Gasteiger partial charge in [-0.3, -0.25) is 23.5 Å². The quantitative estimate of drug-likeness (QED) is 0.0323. The third-order valence-electron chi connectivity index (χ3n) is 7.45. The Labute approximate surface area is 333 Å². The highest BCUT2D eigenvalue weighted by atomic mass is 32.3. The lowest BCUT2D eigenvalue weighted by Gasteiger charge is -2.15. The van der Waals surface area contributed by atoms with Gasteiger partial charge >= 0.3 is 10.4 Å². The van der Waals surface area contributed by atoms with E-state index < -0.39 is 123 Å². The van der Waals surface area contributed by atoms with Crippen LogP contribution in [0.15, 0.2) is 90.5 Å². The Bertz CT molecular complexity index is 3160. The summed E-state index contributed by atoms with van der Waals surface area (Å²) >= 11 is 0. The number of rotatable bonds is 15. The Balaban J connectivity index is 1.62. The number of azo groups is 1. The largest absolute Gasteiger partial charge is 0.505 e. The number of benzene rings is 4. The van der Waals surface area contributed by atoms with E-state index in [0.717, 1.165) is 30.3 Å². The zero-order valence-corrected chi connectivity index (χ0v) is 33.2. The van der Waals surface area contributed by atoms with E-state index in [-0.39, 0.29) is 16.5 Å². The normalized spacial score (nSPS) is 12.7. The van der Waals surface area contributed by atoms with E-state index in [1.54, 1.807) is 6.19 Å². The Morgan fingerprint density at radius 2 is 1.32 bits per heavy atom. The summed E-state index contributed by atoms with van der Waals surface area (Å²) in [6.45, 7) is 0.600. The highest BCUT2D eigenvalue weighted by Crippen LogP contribution is 2.46. The third-order valence-corrected chi connectivity index (χ3v) is 12.2. The lowest BCUT2D eigenvalue weighted by Crippen LogP contribution is -2.15. The highest BCUT2D eigenvalue weighted by molar-refractivity contribution is 7.91. The number of fused-ring (bicyclic) bond motifs is 1. The Hall–Kier alpha value is -6.01. The molecule has 0 radical (unpaired) electrons. The van der Waals surface area contributed by atoms with Crippen molar-refractivity contribution in [2.45, 2.75) is 26.5 Å². The topological polar surface area (TPSA) is 404 Å². The fourth-order valence-corrected chi connectivity index (χ4v) is 8.37. The molecule has 1 aromatic heterocycles. The number of sulfone groups is 1. The fourth-order valence-electron chi connectivity index (χ4n) is 4.97. The summed E-state index contributed by atoms with van der Waals surface area (Å²) in [6, 6.07) is 10.2. The monoisotopic (exact) mass is 915 g/mol. The zero-order chi connectivity index (χ0) is 43.7. The first-order chi connectivity index (χ1) is 27.2. The lowest BCUT2D eigenvalue weighted by molar-refractivity contribution is 0.284. The van der Waals surface area contributed by atoms with Crippen molar-refractivity contribution in [1.29, 1.82) is 5.26 Å². The maximum atomic E-state index is 12.6. The van der Waals surface area contributed by atoms with Crippen molar-refractivity contribution in [3.8, 4) is 11.9 Å². The van der Waals surface area contributed by atoms with Gasteiger partial charge in [0, 0.05) is 11.1 Å². The van der Waals surface area contributed by atoms with Crippen molar-refractivity contribution in [1.82, 2.24) is 15.0 Å². The number of nitrogens with one attached hydrogen (secondary N) is 3. The van der Waals surface area contributed by atoms with Crippen LogP contribution in [0.3, 0.4) is 0 Å². The number of phenols is 1. The van der Waals surface area contributed by atoms with Crippen molar-refractivity contribution < 1.29 is 69.6 Å². The summed E-state index contributed by atoms with van der Waals surface area (Å²) in [7, 11) is -24.4. The molecule has 30 heteroatoms. The predicted octanol–water partition coefficient (Wildman–Crippen LogP) is 3.17. The number of anilines is 5. The fraction of sp³-hybridized carbons (Fsp3) is 0.103. The third kappa shape index (κ3) is 10.9. The number of aromatic hydroxyl groups is 1. The Morgan fingerprint density at radius 3 is 1.90 bits per heavy atom. The van der Waals surface area contributed by atoms with Crippen molar-refractivity contribution in [3.05, 3.63) is 66.2 Å². The number of phenolic OH excluding ortho intramolecular Hbond substituents is 1. The van der Waals surface area contributed by atoms with E-state index in [2.05, 4.69) is 45.3 Å². The van der Waals surface area contributed by atoms with E-state index in [1.165, 1.54) is 25.1 Å². The molecular formula is C29H25N9O16S5. The van der Waals surface area contributed by atoms with Gasteiger partial charge in [0.2, 0.25) is 17.8 Å². The molecule has 0 aliphatic heterocycles. The second kappa shape index (κ2) is 16.3. The molecule has 5 aromatic rings. The first-order valence-corrected chi connectivity index (χ1v) is 22.8. The van der Waals surface area contributed by atoms with Crippen LogP contribution in [0, 0.1) is 18.4 Å². The number of hydrogen-bond donors (Lipinski definition) is 8. The lowest BCUT2D eigenvalue weighted by atomic mass is 10.1. The van der Waals surface area contributed by atoms with Crippen molar-refractivity contribution >= 4 is 102 Å². The number of nitriles is 1. The number of aryl methyl sites for hydroxylation is 1. The van der Waals surface area contributed by atoms with E-state index in [0.29, 0.717) is 17.7 Å². The first-order valence-electron chi connectivity index (χ1n) is 15.4. The van der Waals surface area contributed by atoms with Crippen LogP contribution in [0.1, 0.15) is 5.56 Å². The molecule has 0 aliphatic carbocycles. The number of hydrogen-bond acceptors (Lipinski definition) is 21. The highest BCUT2D eigenvalue weighted by Gasteiger charge is 2.27. The minimum atomic E-state index is -5.35. The Kier molecular flexibility index (Phi) is 12.2. The molecule has 8 N–H and O–H groups in total. The SMILES string of the molecule is Cc1ccc(N=Nc2c(S(=O)(=O)O)cc3cc(S(=O)(=O)O)cc(Nc4nc(NC#N)nc(Nc5ccc(S(=O)(=O)CCOS(=O)(=O)O)cc5)n4)c3c2O)c(S(=O)(=O)O)c1. The standard InChI is InChI=1S/C29H25N9O16S5/c1-15-2-7-20(22(10-15)57(45,46)47)37-38-25-23(58(48,49)50)12-16-11-19(56(42,43)44)13-21(24(16)26(25)39)33-29-35-27(31-14-30)34-28(36-29)32-17-3-5-18(6-4-17)55(40,41)9-8-54-59(51,52)53/h2-7,10-13,39H,8-9H2,1H3,(H,42,43,44)(H,45,46,47)(H,48,49,50)(H,51,52,53)(H3,31,32,33,34,35,36). The average molecular weight is 916 g/mol. The van der Waals surface area contributed by atoms with Crippen molar-refractivity contribution in [2.24, 2.45) is 10.2 Å². The van der Waals surface area contributed by atoms with E-state index in [4.69, 9.17) is 4.55 Å². The van der Waals surface area contributed by atoms with Crippen LogP contribution in [0.2, 0.25) is 0 Å². The summed E-state index contributed by atoms with van der Waals surface area (Å²) in [5.74, 6) is -3.32. The van der Waals surface area contributed by atoms with Crippen molar-refractivity contribution in [3.63, 3.8) is 0 Å². The van der Waals surface area contributed by atoms with Gasteiger partial charge in [-0.15, -0.1) is 10.2 Å². The molecule has 5 rings (SSSR count). The van der Waals surface area contributed by atoms with E-state index >= 15 is 0 Å². The number of nitrogens with zero attached hydrogens (tertiary/aromatic N) is 6. The van der Waals surface area contributed by atoms with Gasteiger partial charge in [-0.2, -0.15) is 53.9 Å². The second-order valence-corrected chi connectivity index (χ2v) is 19.0. The van der Waals surface area contributed by atoms with Gasteiger partial charge < -0.3 is 15.7 Å². The number of aromatic nitrogens is 3. The molecule has 59 heavy (non-hydrogen) atoms. The van der Waals surface area contributed by atoms with Crippen LogP contribution in [0.4, 0.5) is 40.6 Å². The molecule has 0 fully saturated rings. The molecule has 1 heterocycles. The van der Waals surface area contributed by atoms with Crippen LogP contribution < -0.4 is 16.0 Å². The molecule has 0 saturated heterocycles. The smallest absolute Gasteiger partial charge is 0.397 e. The first kappa shape index (κ1) is 44.1. The van der Waals surface area contributed by atoms with Gasteiger partial charge in [-0.25, -0.2) is 12.6 Å². The zero-order valence-electron chi connectivity index (χ0n) is 29.1. The summed E-state index contributed by atoms with van der Waals surface area (Å²) in [6.07, 6.45) is 1.56. The van der Waals surface area contributed by atoms with Crippen molar-refractivity contribution in [2.75, 3.05) is 28.3 Å². The van der Waals surface area contributed by atoms with Crippen LogP contribution in [0.5, 0.6) is 5.75 Å². The molecule has 312 valence electrons. The van der Waals surface area contributed by atoms with Crippen LogP contribution >= 0.6 is 0 Å². The maximum absolute atomic E-state index is 12.6. The molecule has 0 atom stereocenters. The molecule has 0 spiro atoms. The maximum Gasteiger partial charge on any atom is 0.397 e. The van der Waals surface area contributed by atoms with Gasteiger partial charge in [-0.1, -0.05) is 6.07 Å². The predicted molar refractivity (Wildman–Crippen MR) is 202 cm³/mol. The van der Waals surface area contributed by atoms with Crippen LogP contribution in [-0.2, 0) is 54.8 Å². The molecule has 0 amide bonds. The molecule has 0 unspecified atom stereocenters. The summed E-state index contributed by atoms with van der Waals surface area (Å²) in [4.78, 5) is 8.92. The minimum Gasteiger partial charge on any atom is -0.505 e. The Morgan fingerprint density at radius 1 is 0.712 bits per heavy atom. The van der Waals surface area contributed by atoms with Gasteiger partial charge in [0.15, 0.2) is 21.8 Å². The molecule has 4 aromatic carbocycles. The van der Waals surface area contributed by atoms with Crippen LogP contribution in [0.25, 0.3) is 10.8 Å². The van der Waals surface area contributed by atoms with E-state index in [9.17, 15) is 66.1 Å². The summed E-state index contributed by atoms with van der Waals surface area (Å²) in [5.41, 5.74) is -1.60. The van der Waals surface area contributed by atoms with Gasteiger partial charge in [0.05, 0.1) is 27.8 Å². The molecular weight excluding hydrogens is 891 g/mol. The average Bonchev–Trinajstić information content (AvgIpc) is 3.10. The van der Waals surface area contributed by atoms with Gasteiger partial charge in [0.25, 0.3) is 30.4 Å². The second-order valence-electron chi connectivity index (χ2n) is 11.6. The molecule has 0 aliphatic rings. The van der Waals surface area contributed by atoms with Gasteiger partial charge in [0.1, 0.15) is 21.2 Å². The summed E-state index contributed by atoms with van der Waals surface area (Å²) in [5, 5.41) is 34.4. The van der Waals surface area contributed by atoms with E-state index in [1.807, 2.05) is 0 Å². The minimum absolute atomic E-state index is 0.119. The summed E-state index contributed by atoms with van der Waals surface area (Å²) < 4.78 is 163. The van der Waals surface area contributed by atoms with Gasteiger partial charge in [-0.05, 0) is 72.5 Å².